The highest BCUT2D eigenvalue weighted by molar-refractivity contribution is 6.31. The maximum atomic E-state index is 12.4. The Balaban J connectivity index is 3.03. The van der Waals surface area contributed by atoms with Crippen molar-refractivity contribution < 1.29 is 22.7 Å². The quantitative estimate of drug-likeness (QED) is 0.828. The number of hydrogen-bond acceptors (Lipinski definition) is 2. The summed E-state index contributed by atoms with van der Waals surface area (Å²) in [6.45, 7) is 0. The molecule has 0 aliphatic carbocycles. The molecule has 0 saturated heterocycles. The monoisotopic (exact) mass is 252 g/mol. The number of anilines is 1. The summed E-state index contributed by atoms with van der Waals surface area (Å²) in [5, 5.41) is 1.61. The van der Waals surface area contributed by atoms with E-state index in [-0.39, 0.29) is 5.69 Å². The molecule has 1 rings (SSSR count). The van der Waals surface area contributed by atoms with Gasteiger partial charge in [-0.2, -0.15) is 13.2 Å². The summed E-state index contributed by atoms with van der Waals surface area (Å²) in [6, 6.07) is 2.96. The lowest BCUT2D eigenvalue weighted by atomic mass is 10.2. The first-order valence-corrected chi connectivity index (χ1v) is 4.32. The Labute approximate surface area is 94.2 Å². The van der Waals surface area contributed by atoms with E-state index in [0.29, 0.717) is 6.07 Å². The van der Waals surface area contributed by atoms with Gasteiger partial charge in [-0.1, -0.05) is 11.6 Å². The number of rotatable bonds is 1. The first kappa shape index (κ1) is 12.6. The Morgan fingerprint density at radius 3 is 2.56 bits per heavy atom. The smallest absolute Gasteiger partial charge is 0.417 e. The third kappa shape index (κ3) is 3.03. The van der Waals surface area contributed by atoms with E-state index in [1.165, 1.54) is 6.07 Å². The van der Waals surface area contributed by atoms with Crippen LogP contribution in [0.15, 0.2) is 18.2 Å². The molecule has 0 fully saturated rings. The van der Waals surface area contributed by atoms with Gasteiger partial charge >= 0.3 is 12.3 Å². The molecule has 0 aromatic heterocycles. The molecular weight excluding hydrogens is 247 g/mol. The summed E-state index contributed by atoms with van der Waals surface area (Å²) < 4.78 is 41.2. The number of carbonyl (C=O) groups excluding carboxylic acids is 1. The fourth-order valence-electron chi connectivity index (χ4n) is 0.974. The molecule has 1 radical (unpaired) electrons. The predicted molar refractivity (Wildman–Crippen MR) is 51.9 cm³/mol. The fourth-order valence-corrected chi connectivity index (χ4v) is 1.20. The van der Waals surface area contributed by atoms with Gasteiger partial charge < -0.3 is 4.74 Å². The van der Waals surface area contributed by atoms with Crippen LogP contribution < -0.4 is 5.32 Å². The topological polar surface area (TPSA) is 38.3 Å². The van der Waals surface area contributed by atoms with Crippen LogP contribution in [0.2, 0.25) is 5.02 Å². The van der Waals surface area contributed by atoms with Crippen LogP contribution >= 0.6 is 11.6 Å². The highest BCUT2D eigenvalue weighted by Crippen LogP contribution is 2.36. The molecule has 0 spiro atoms. The number of ether oxygens (including phenoxy) is 1. The van der Waals surface area contributed by atoms with Gasteiger partial charge in [0.15, 0.2) is 0 Å². The first-order valence-electron chi connectivity index (χ1n) is 3.94. The molecule has 0 atom stereocenters. The van der Waals surface area contributed by atoms with Gasteiger partial charge in [-0.3, -0.25) is 5.32 Å². The summed E-state index contributed by atoms with van der Waals surface area (Å²) in [5.74, 6) is 0. The van der Waals surface area contributed by atoms with Crippen molar-refractivity contribution in [2.24, 2.45) is 0 Å². The van der Waals surface area contributed by atoms with Gasteiger partial charge in [0, 0.05) is 5.69 Å². The molecule has 87 valence electrons. The molecule has 0 unspecified atom stereocenters. The maximum Gasteiger partial charge on any atom is 0.417 e. The zero-order chi connectivity index (χ0) is 12.3. The lowest BCUT2D eigenvalue weighted by Gasteiger charge is -2.11. The van der Waals surface area contributed by atoms with Crippen molar-refractivity contribution in [2.75, 3.05) is 5.32 Å². The number of carbonyl (C=O) groups is 1. The Morgan fingerprint density at radius 1 is 1.44 bits per heavy atom. The number of benzene rings is 1. The second kappa shape index (κ2) is 4.61. The zero-order valence-electron chi connectivity index (χ0n) is 7.77. The van der Waals surface area contributed by atoms with Gasteiger partial charge in [0.25, 0.3) is 0 Å². The van der Waals surface area contributed by atoms with E-state index >= 15 is 0 Å². The van der Waals surface area contributed by atoms with Crippen molar-refractivity contribution in [1.82, 2.24) is 0 Å². The Kier molecular flexibility index (Phi) is 3.64. The molecule has 7 heteroatoms. The van der Waals surface area contributed by atoms with Crippen LogP contribution in [-0.4, -0.2) is 6.09 Å². The Morgan fingerprint density at radius 2 is 2.06 bits per heavy atom. The van der Waals surface area contributed by atoms with E-state index in [2.05, 4.69) is 11.8 Å². The Bertz CT molecular complexity index is 406. The molecular formula is C9H6ClF3NO2. The highest BCUT2D eigenvalue weighted by atomic mass is 35.5. The first-order chi connectivity index (χ1) is 7.34. The summed E-state index contributed by atoms with van der Waals surface area (Å²) in [5.41, 5.74) is -1.11. The van der Waals surface area contributed by atoms with Crippen molar-refractivity contribution >= 4 is 23.4 Å². The maximum absolute atomic E-state index is 12.4. The summed E-state index contributed by atoms with van der Waals surface area (Å²) >= 11 is 5.37. The van der Waals surface area contributed by atoms with E-state index in [4.69, 9.17) is 11.6 Å². The van der Waals surface area contributed by atoms with Crippen molar-refractivity contribution in [2.45, 2.75) is 6.18 Å². The van der Waals surface area contributed by atoms with Gasteiger partial charge in [0.2, 0.25) is 0 Å². The second-order valence-corrected chi connectivity index (χ2v) is 3.16. The Hall–Kier alpha value is -1.43. The van der Waals surface area contributed by atoms with Crippen molar-refractivity contribution in [3.8, 4) is 0 Å². The minimum Gasteiger partial charge on any atom is -0.446 e. The lowest BCUT2D eigenvalue weighted by molar-refractivity contribution is -0.137. The van der Waals surface area contributed by atoms with Crippen LogP contribution in [0.25, 0.3) is 0 Å². The molecule has 3 nitrogen and oxygen atoms in total. The molecule has 1 aromatic rings. The molecule has 0 aliphatic rings. The van der Waals surface area contributed by atoms with E-state index < -0.39 is 22.9 Å². The minimum atomic E-state index is -4.58. The average molecular weight is 253 g/mol. The van der Waals surface area contributed by atoms with E-state index in [9.17, 15) is 18.0 Å². The minimum absolute atomic E-state index is 0.0784. The van der Waals surface area contributed by atoms with Crippen molar-refractivity contribution in [1.29, 1.82) is 0 Å². The van der Waals surface area contributed by atoms with E-state index in [1.807, 2.05) is 5.32 Å². The van der Waals surface area contributed by atoms with Crippen LogP contribution in [0.3, 0.4) is 0 Å². The van der Waals surface area contributed by atoms with Crippen molar-refractivity contribution in [3.63, 3.8) is 0 Å². The lowest BCUT2D eigenvalue weighted by Crippen LogP contribution is -2.12. The molecule has 0 saturated carbocycles. The fraction of sp³-hybridized carbons (Fsp3) is 0.111. The van der Waals surface area contributed by atoms with Gasteiger partial charge in [0.1, 0.15) is 7.11 Å². The molecule has 0 heterocycles. The standard InChI is InChI=1S/C9H6ClF3NO2/c1-16-8(15)14-5-2-3-7(10)6(4-5)9(11,12)13/h2-4H,1H2,(H,14,15). The number of hydrogen-bond donors (Lipinski definition) is 1. The number of alkyl halides is 3. The van der Waals surface area contributed by atoms with Gasteiger partial charge in [0.05, 0.1) is 10.6 Å². The number of halogens is 4. The van der Waals surface area contributed by atoms with Crippen LogP contribution in [0.1, 0.15) is 5.56 Å². The third-order valence-electron chi connectivity index (χ3n) is 1.65. The summed E-state index contributed by atoms with van der Waals surface area (Å²) in [6.07, 6.45) is -5.54. The number of amides is 1. The largest absolute Gasteiger partial charge is 0.446 e. The third-order valence-corrected chi connectivity index (χ3v) is 1.98. The van der Waals surface area contributed by atoms with Gasteiger partial charge in [-0.25, -0.2) is 4.79 Å². The van der Waals surface area contributed by atoms with Crippen molar-refractivity contribution in [3.05, 3.63) is 35.9 Å². The summed E-state index contributed by atoms with van der Waals surface area (Å²) in [7, 11) is 2.81. The SMILES string of the molecule is [CH2]OC(=O)Nc1ccc(Cl)c(C(F)(F)F)c1. The normalized spacial score (nSPS) is 11.1. The molecule has 0 bridgehead atoms. The zero-order valence-corrected chi connectivity index (χ0v) is 8.52. The van der Waals surface area contributed by atoms with E-state index in [1.54, 1.807) is 0 Å². The van der Waals surface area contributed by atoms with Gasteiger partial charge in [-0.05, 0) is 18.2 Å². The van der Waals surface area contributed by atoms with Crippen LogP contribution in [0.4, 0.5) is 23.7 Å². The van der Waals surface area contributed by atoms with Crippen LogP contribution in [0.5, 0.6) is 0 Å². The molecule has 16 heavy (non-hydrogen) atoms. The summed E-state index contributed by atoms with van der Waals surface area (Å²) in [4.78, 5) is 10.7. The molecule has 1 amide bonds. The number of nitrogens with one attached hydrogen (secondary N) is 1. The van der Waals surface area contributed by atoms with Crippen LogP contribution in [0, 0.1) is 7.11 Å². The molecule has 1 aromatic carbocycles. The molecule has 0 aliphatic heterocycles. The average Bonchev–Trinajstić information content (AvgIpc) is 2.19. The predicted octanol–water partition coefficient (Wildman–Crippen LogP) is 3.70. The second-order valence-electron chi connectivity index (χ2n) is 2.75. The van der Waals surface area contributed by atoms with E-state index in [0.717, 1.165) is 6.07 Å². The highest BCUT2D eigenvalue weighted by Gasteiger charge is 2.33. The molecule has 1 N–H and O–H groups in total. The van der Waals surface area contributed by atoms with Crippen LogP contribution in [-0.2, 0) is 10.9 Å². The van der Waals surface area contributed by atoms with Gasteiger partial charge in [-0.15, -0.1) is 0 Å².